The van der Waals surface area contributed by atoms with Crippen LogP contribution in [0.4, 0.5) is 4.39 Å². The normalized spacial score (nSPS) is 11.4. The minimum absolute atomic E-state index is 0.00499. The lowest BCUT2D eigenvalue weighted by molar-refractivity contribution is -0.131. The molecule has 0 radical (unpaired) electrons. The van der Waals surface area contributed by atoms with Crippen LogP contribution in [-0.2, 0) is 16.1 Å². The summed E-state index contributed by atoms with van der Waals surface area (Å²) in [6, 6.07) is 11.7. The molecule has 0 aliphatic heterocycles. The second-order valence-electron chi connectivity index (χ2n) is 5.83. The second kappa shape index (κ2) is 10.3. The topological polar surface area (TPSA) is 80.6 Å². The number of ether oxygens (including phenoxy) is 3. The number of methoxy groups -OCH3 is 1. The predicted molar refractivity (Wildman–Crippen MR) is 101 cm³/mol. The number of halogens is 1. The van der Waals surface area contributed by atoms with Gasteiger partial charge in [-0.25, -0.2) is 4.39 Å². The zero-order chi connectivity index (χ0) is 20.5. The highest BCUT2D eigenvalue weighted by Crippen LogP contribution is 2.32. The minimum Gasteiger partial charge on any atom is -0.494 e. The van der Waals surface area contributed by atoms with E-state index < -0.39 is 17.8 Å². The van der Waals surface area contributed by atoms with Gasteiger partial charge in [0.1, 0.15) is 5.75 Å². The van der Waals surface area contributed by atoms with Gasteiger partial charge in [-0.1, -0.05) is 12.1 Å². The molecule has 0 spiro atoms. The summed E-state index contributed by atoms with van der Waals surface area (Å²) in [7, 11) is 1.33. The number of rotatable bonds is 9. The fourth-order valence-electron chi connectivity index (χ4n) is 2.65. The van der Waals surface area contributed by atoms with Crippen molar-refractivity contribution >= 4 is 5.91 Å². The van der Waals surface area contributed by atoms with Gasteiger partial charge < -0.3 is 19.5 Å². The van der Waals surface area contributed by atoms with Gasteiger partial charge in [-0.2, -0.15) is 5.26 Å². The standard InChI is InChI=1S/C21H23FN2O4/c1-4-27-16-10-17(19(22)18(11-16)28-5-2)20(26-3)21(25)24-13-15-8-6-14(12-23)7-9-15/h6-11,20H,4-5,13H2,1-3H3,(H,24,25)/t20-/m0/s1. The Labute approximate surface area is 163 Å². The van der Waals surface area contributed by atoms with Crippen LogP contribution >= 0.6 is 0 Å². The Morgan fingerprint density at radius 3 is 2.43 bits per heavy atom. The van der Waals surface area contributed by atoms with Crippen LogP contribution in [0, 0.1) is 17.1 Å². The van der Waals surface area contributed by atoms with E-state index in [-0.39, 0.29) is 24.5 Å². The van der Waals surface area contributed by atoms with Crippen LogP contribution in [0.5, 0.6) is 11.5 Å². The van der Waals surface area contributed by atoms with Crippen LogP contribution in [-0.4, -0.2) is 26.2 Å². The number of nitriles is 1. The highest BCUT2D eigenvalue weighted by atomic mass is 19.1. The molecule has 1 N–H and O–H groups in total. The van der Waals surface area contributed by atoms with Gasteiger partial charge in [0.05, 0.1) is 24.8 Å². The molecule has 0 heterocycles. The van der Waals surface area contributed by atoms with Gasteiger partial charge in [0.2, 0.25) is 0 Å². The van der Waals surface area contributed by atoms with Gasteiger partial charge in [-0.05, 0) is 37.6 Å². The van der Waals surface area contributed by atoms with Crippen molar-refractivity contribution in [3.05, 3.63) is 58.9 Å². The molecule has 1 atom stereocenters. The Kier molecular flexibility index (Phi) is 7.78. The largest absolute Gasteiger partial charge is 0.494 e. The number of hydrogen-bond donors (Lipinski definition) is 1. The lowest BCUT2D eigenvalue weighted by Crippen LogP contribution is -2.30. The zero-order valence-electron chi connectivity index (χ0n) is 16.1. The number of amides is 1. The van der Waals surface area contributed by atoms with E-state index in [9.17, 15) is 9.18 Å². The van der Waals surface area contributed by atoms with Gasteiger partial charge in [-0.3, -0.25) is 4.79 Å². The first-order valence-corrected chi connectivity index (χ1v) is 8.92. The summed E-state index contributed by atoms with van der Waals surface area (Å²) in [6.45, 7) is 4.43. The molecule has 28 heavy (non-hydrogen) atoms. The maximum Gasteiger partial charge on any atom is 0.254 e. The molecule has 2 aromatic carbocycles. The number of nitrogens with zero attached hydrogens (tertiary/aromatic N) is 1. The molecule has 0 aliphatic carbocycles. The molecule has 2 aromatic rings. The minimum atomic E-state index is -1.17. The van der Waals surface area contributed by atoms with Crippen LogP contribution < -0.4 is 14.8 Å². The molecular formula is C21H23FN2O4. The fraction of sp³-hybridized carbons (Fsp3) is 0.333. The first-order chi connectivity index (χ1) is 13.5. The summed E-state index contributed by atoms with van der Waals surface area (Å²) >= 11 is 0. The summed E-state index contributed by atoms with van der Waals surface area (Å²) < 4.78 is 30.9. The van der Waals surface area contributed by atoms with Crippen molar-refractivity contribution in [3.63, 3.8) is 0 Å². The quantitative estimate of drug-likeness (QED) is 0.713. The number of nitrogens with one attached hydrogen (secondary N) is 1. The van der Waals surface area contributed by atoms with Gasteiger partial charge in [-0.15, -0.1) is 0 Å². The van der Waals surface area contributed by atoms with E-state index in [0.29, 0.717) is 17.9 Å². The molecule has 2 rings (SSSR count). The highest BCUT2D eigenvalue weighted by Gasteiger charge is 2.26. The lowest BCUT2D eigenvalue weighted by atomic mass is 10.1. The van der Waals surface area contributed by atoms with E-state index in [1.807, 2.05) is 13.0 Å². The summed E-state index contributed by atoms with van der Waals surface area (Å²) in [4.78, 5) is 12.6. The molecule has 6 nitrogen and oxygen atoms in total. The first kappa shape index (κ1) is 21.2. The van der Waals surface area contributed by atoms with Crippen molar-refractivity contribution < 1.29 is 23.4 Å². The summed E-state index contributed by atoms with van der Waals surface area (Å²) in [5.41, 5.74) is 1.37. The van der Waals surface area contributed by atoms with Crippen molar-refractivity contribution in [1.82, 2.24) is 5.32 Å². The Bertz CT molecular complexity index is 847. The number of carbonyl (C=O) groups excluding carboxylic acids is 1. The molecule has 0 unspecified atom stereocenters. The molecule has 148 valence electrons. The zero-order valence-corrected chi connectivity index (χ0v) is 16.1. The van der Waals surface area contributed by atoms with Crippen molar-refractivity contribution in [2.45, 2.75) is 26.5 Å². The highest BCUT2D eigenvalue weighted by molar-refractivity contribution is 5.82. The third-order valence-electron chi connectivity index (χ3n) is 3.96. The third kappa shape index (κ3) is 5.21. The molecule has 0 bridgehead atoms. The van der Waals surface area contributed by atoms with Crippen LogP contribution in [0.3, 0.4) is 0 Å². The second-order valence-corrected chi connectivity index (χ2v) is 5.83. The van der Waals surface area contributed by atoms with E-state index in [1.54, 1.807) is 31.2 Å². The van der Waals surface area contributed by atoms with E-state index in [4.69, 9.17) is 19.5 Å². The number of carbonyl (C=O) groups is 1. The molecule has 0 saturated carbocycles. The Hall–Kier alpha value is -3.11. The van der Waals surface area contributed by atoms with E-state index >= 15 is 0 Å². The average molecular weight is 386 g/mol. The molecule has 0 aromatic heterocycles. The Morgan fingerprint density at radius 2 is 1.86 bits per heavy atom. The van der Waals surface area contributed by atoms with Crippen LogP contribution in [0.2, 0.25) is 0 Å². The SMILES string of the molecule is CCOc1cc(OCC)c(F)c([C@H](OC)C(=O)NCc2ccc(C#N)cc2)c1. The summed E-state index contributed by atoms with van der Waals surface area (Å²) in [5, 5.41) is 11.6. The molecule has 1 amide bonds. The maximum atomic E-state index is 14.9. The molecule has 0 aliphatic rings. The number of benzene rings is 2. The summed E-state index contributed by atoms with van der Waals surface area (Å²) in [6.07, 6.45) is -1.17. The Morgan fingerprint density at radius 1 is 1.18 bits per heavy atom. The van der Waals surface area contributed by atoms with E-state index in [0.717, 1.165) is 5.56 Å². The summed E-state index contributed by atoms with van der Waals surface area (Å²) in [5.74, 6) is -0.762. The van der Waals surface area contributed by atoms with Crippen LogP contribution in [0.15, 0.2) is 36.4 Å². The molecular weight excluding hydrogens is 363 g/mol. The van der Waals surface area contributed by atoms with Crippen molar-refractivity contribution in [3.8, 4) is 17.6 Å². The fourth-order valence-corrected chi connectivity index (χ4v) is 2.65. The molecule has 0 saturated heterocycles. The third-order valence-corrected chi connectivity index (χ3v) is 3.96. The van der Waals surface area contributed by atoms with Gasteiger partial charge >= 0.3 is 0 Å². The predicted octanol–water partition coefficient (Wildman–Crippen LogP) is 3.50. The van der Waals surface area contributed by atoms with Crippen molar-refractivity contribution in [1.29, 1.82) is 5.26 Å². The van der Waals surface area contributed by atoms with Gasteiger partial charge in [0.15, 0.2) is 17.7 Å². The van der Waals surface area contributed by atoms with E-state index in [1.165, 1.54) is 19.2 Å². The number of hydrogen-bond acceptors (Lipinski definition) is 5. The molecule has 0 fully saturated rings. The first-order valence-electron chi connectivity index (χ1n) is 8.92. The average Bonchev–Trinajstić information content (AvgIpc) is 2.71. The monoisotopic (exact) mass is 386 g/mol. The van der Waals surface area contributed by atoms with Crippen molar-refractivity contribution in [2.75, 3.05) is 20.3 Å². The van der Waals surface area contributed by atoms with Crippen molar-refractivity contribution in [2.24, 2.45) is 0 Å². The van der Waals surface area contributed by atoms with Gasteiger partial charge in [0, 0.05) is 25.3 Å². The van der Waals surface area contributed by atoms with E-state index in [2.05, 4.69) is 5.32 Å². The maximum absolute atomic E-state index is 14.9. The molecule has 7 heteroatoms. The smallest absolute Gasteiger partial charge is 0.254 e. The van der Waals surface area contributed by atoms with Crippen LogP contribution in [0.1, 0.15) is 36.6 Å². The lowest BCUT2D eigenvalue weighted by Gasteiger charge is -2.19. The van der Waals surface area contributed by atoms with Crippen LogP contribution in [0.25, 0.3) is 0 Å². The van der Waals surface area contributed by atoms with Gasteiger partial charge in [0.25, 0.3) is 5.91 Å². The Balaban J connectivity index is 2.22.